The first-order valence-corrected chi connectivity index (χ1v) is 12.1. The molecule has 1 heterocycles. The van der Waals surface area contributed by atoms with Crippen LogP contribution in [0.3, 0.4) is 0 Å². The molecule has 1 saturated heterocycles. The number of unbranched alkanes of at least 4 members (excludes halogenated alkanes) is 1. The molecule has 176 valence electrons. The Morgan fingerprint density at radius 1 is 1.28 bits per heavy atom. The second-order valence-electron chi connectivity index (χ2n) is 8.78. The lowest BCUT2D eigenvalue weighted by Gasteiger charge is -2.26. The van der Waals surface area contributed by atoms with Gasteiger partial charge in [0, 0.05) is 30.3 Å². The van der Waals surface area contributed by atoms with E-state index < -0.39 is 38.3 Å². The molecule has 0 spiro atoms. The fourth-order valence-corrected chi connectivity index (χ4v) is 4.17. The van der Waals surface area contributed by atoms with Crippen molar-refractivity contribution in [3.8, 4) is 11.8 Å². The number of nitrogens with one attached hydrogen (secondary N) is 1. The molecule has 32 heavy (non-hydrogen) atoms. The molecule has 1 aliphatic rings. The number of ether oxygens (including phenoxy) is 1. The predicted molar refractivity (Wildman–Crippen MR) is 119 cm³/mol. The molecule has 2 rings (SSSR count). The molecule has 0 radical (unpaired) electrons. The van der Waals surface area contributed by atoms with Crippen LogP contribution in [0.4, 0.5) is 10.5 Å². The van der Waals surface area contributed by atoms with Gasteiger partial charge in [0.1, 0.15) is 6.10 Å². The number of nitrogens with zero attached hydrogens (tertiary/aromatic N) is 1. The highest BCUT2D eigenvalue weighted by molar-refractivity contribution is 7.92. The predicted octanol–water partition coefficient (Wildman–Crippen LogP) is 2.00. The molecule has 3 N–H and O–H groups in total. The van der Waals surface area contributed by atoms with Crippen LogP contribution >= 0.6 is 0 Å². The highest BCUT2D eigenvalue weighted by Gasteiger charge is 2.48. The number of carbonyl (C=O) groups is 2. The highest BCUT2D eigenvalue weighted by atomic mass is 32.2. The SMILES string of the molecule is CC(C)(O)CCCC#Cc1ccc(N2CC(CC(C)(C(=O)NO)S(C)(=O)=O)OC2=O)cc1. The summed E-state index contributed by atoms with van der Waals surface area (Å²) >= 11 is 0. The fourth-order valence-electron chi connectivity index (χ4n) is 3.30. The third-order valence-corrected chi connectivity index (χ3v) is 7.38. The largest absolute Gasteiger partial charge is 0.444 e. The summed E-state index contributed by atoms with van der Waals surface area (Å²) in [5, 5.41) is 18.6. The summed E-state index contributed by atoms with van der Waals surface area (Å²) < 4.78 is 27.6. The van der Waals surface area contributed by atoms with Crippen LogP contribution in [0.25, 0.3) is 0 Å². The zero-order valence-electron chi connectivity index (χ0n) is 18.7. The van der Waals surface area contributed by atoms with Gasteiger partial charge in [-0.15, -0.1) is 0 Å². The molecule has 9 nitrogen and oxygen atoms in total. The van der Waals surface area contributed by atoms with Crippen LogP contribution in [0, 0.1) is 11.8 Å². The quantitative estimate of drug-likeness (QED) is 0.231. The van der Waals surface area contributed by atoms with Crippen LogP contribution in [0.1, 0.15) is 52.0 Å². The van der Waals surface area contributed by atoms with E-state index >= 15 is 0 Å². The van der Waals surface area contributed by atoms with Gasteiger partial charge in [-0.1, -0.05) is 11.8 Å². The van der Waals surface area contributed by atoms with Gasteiger partial charge in [0.05, 0.1) is 12.1 Å². The number of sulfone groups is 1. The van der Waals surface area contributed by atoms with E-state index in [9.17, 15) is 23.1 Å². The first kappa shape index (κ1) is 25.6. The first-order valence-electron chi connectivity index (χ1n) is 10.2. The van der Waals surface area contributed by atoms with Crippen LogP contribution in [0.2, 0.25) is 0 Å². The maximum atomic E-state index is 12.3. The van der Waals surface area contributed by atoms with Crippen molar-refractivity contribution in [3.63, 3.8) is 0 Å². The zero-order chi connectivity index (χ0) is 24.2. The number of hydrogen-bond donors (Lipinski definition) is 3. The number of amides is 2. The number of aliphatic hydroxyl groups is 1. The number of anilines is 1. The van der Waals surface area contributed by atoms with Gasteiger partial charge < -0.3 is 9.84 Å². The summed E-state index contributed by atoms with van der Waals surface area (Å²) in [6, 6.07) is 6.94. The Hall–Kier alpha value is -2.61. The van der Waals surface area contributed by atoms with Gasteiger partial charge in [-0.25, -0.2) is 18.7 Å². The van der Waals surface area contributed by atoms with Gasteiger partial charge in [0.2, 0.25) is 0 Å². The minimum atomic E-state index is -3.90. The normalized spacial score (nSPS) is 18.4. The van der Waals surface area contributed by atoms with E-state index in [-0.39, 0.29) is 13.0 Å². The molecule has 1 fully saturated rings. The van der Waals surface area contributed by atoms with Gasteiger partial charge in [-0.3, -0.25) is 14.9 Å². The average Bonchev–Trinajstić information content (AvgIpc) is 3.05. The molecule has 1 aliphatic heterocycles. The Morgan fingerprint density at radius 2 is 1.91 bits per heavy atom. The molecule has 0 aliphatic carbocycles. The van der Waals surface area contributed by atoms with E-state index in [1.54, 1.807) is 38.1 Å². The van der Waals surface area contributed by atoms with Crippen molar-refractivity contribution in [2.45, 2.75) is 62.9 Å². The Labute approximate surface area is 188 Å². The highest BCUT2D eigenvalue weighted by Crippen LogP contribution is 2.30. The van der Waals surface area contributed by atoms with E-state index in [2.05, 4.69) is 11.8 Å². The molecule has 0 bridgehead atoms. The number of benzene rings is 1. The minimum Gasteiger partial charge on any atom is -0.444 e. The maximum absolute atomic E-state index is 12.3. The average molecular weight is 467 g/mol. The molecule has 2 atom stereocenters. The van der Waals surface area contributed by atoms with Crippen LogP contribution in [-0.2, 0) is 19.4 Å². The molecule has 1 aromatic rings. The van der Waals surface area contributed by atoms with Crippen molar-refractivity contribution in [1.82, 2.24) is 5.48 Å². The van der Waals surface area contributed by atoms with Gasteiger partial charge in [-0.2, -0.15) is 0 Å². The lowest BCUT2D eigenvalue weighted by molar-refractivity contribution is -0.132. The second-order valence-corrected chi connectivity index (χ2v) is 11.2. The minimum absolute atomic E-state index is 0.0601. The number of hydroxylamine groups is 1. The van der Waals surface area contributed by atoms with E-state index in [4.69, 9.17) is 9.94 Å². The summed E-state index contributed by atoms with van der Waals surface area (Å²) in [7, 11) is -3.90. The van der Waals surface area contributed by atoms with E-state index in [1.165, 1.54) is 17.3 Å². The van der Waals surface area contributed by atoms with E-state index in [0.29, 0.717) is 18.5 Å². The summed E-state index contributed by atoms with van der Waals surface area (Å²) in [5.41, 5.74) is 2.00. The van der Waals surface area contributed by atoms with Crippen LogP contribution < -0.4 is 10.4 Å². The fraction of sp³-hybridized carbons (Fsp3) is 0.545. The first-order chi connectivity index (χ1) is 14.8. The van der Waals surface area contributed by atoms with Crippen molar-refractivity contribution < 1.29 is 33.1 Å². The molecular formula is C22H30N2O7S. The molecular weight excluding hydrogens is 436 g/mol. The van der Waals surface area contributed by atoms with Crippen molar-refractivity contribution in [3.05, 3.63) is 29.8 Å². The third kappa shape index (κ3) is 6.45. The van der Waals surface area contributed by atoms with Crippen LogP contribution in [-0.4, -0.2) is 60.0 Å². The Kier molecular flexibility index (Phi) is 7.93. The summed E-state index contributed by atoms with van der Waals surface area (Å²) in [6.45, 7) is 4.76. The standard InChI is InChI=1S/C22H30N2O7S/c1-21(2,27)13-7-5-6-8-16-9-11-17(12-10-16)24-15-18(31-20(24)26)14-22(3,19(25)23-28)32(4,29)30/h9-12,18,27-28H,5,7,13-15H2,1-4H3,(H,23,25). The molecule has 10 heteroatoms. The number of carbonyl (C=O) groups excluding carboxylic acids is 2. The Morgan fingerprint density at radius 3 is 2.44 bits per heavy atom. The van der Waals surface area contributed by atoms with Gasteiger partial charge in [0.15, 0.2) is 14.6 Å². The van der Waals surface area contributed by atoms with Crippen molar-refractivity contribution in [1.29, 1.82) is 0 Å². The van der Waals surface area contributed by atoms with E-state index in [1.807, 2.05) is 0 Å². The van der Waals surface area contributed by atoms with Crippen molar-refractivity contribution >= 4 is 27.5 Å². The molecule has 2 unspecified atom stereocenters. The lowest BCUT2D eigenvalue weighted by Crippen LogP contribution is -2.51. The van der Waals surface area contributed by atoms with Gasteiger partial charge in [0.25, 0.3) is 5.91 Å². The summed E-state index contributed by atoms with van der Waals surface area (Å²) in [5.74, 6) is 5.00. The van der Waals surface area contributed by atoms with Crippen LogP contribution in [0.5, 0.6) is 0 Å². The monoisotopic (exact) mass is 466 g/mol. The molecule has 0 aromatic heterocycles. The van der Waals surface area contributed by atoms with Crippen LogP contribution in [0.15, 0.2) is 24.3 Å². The second kappa shape index (κ2) is 9.90. The number of cyclic esters (lactones) is 1. The Balaban J connectivity index is 2.03. The Bertz CT molecular complexity index is 1000. The smallest absolute Gasteiger partial charge is 0.414 e. The van der Waals surface area contributed by atoms with E-state index in [0.717, 1.165) is 18.2 Å². The topological polar surface area (TPSA) is 133 Å². The van der Waals surface area contributed by atoms with Gasteiger partial charge >= 0.3 is 6.09 Å². The number of rotatable bonds is 8. The molecule has 1 aromatic carbocycles. The molecule has 2 amide bonds. The third-order valence-electron chi connectivity index (χ3n) is 5.39. The lowest BCUT2D eigenvalue weighted by atomic mass is 10.0. The number of hydrogen-bond acceptors (Lipinski definition) is 7. The van der Waals surface area contributed by atoms with Crippen molar-refractivity contribution in [2.24, 2.45) is 0 Å². The zero-order valence-corrected chi connectivity index (χ0v) is 19.5. The van der Waals surface area contributed by atoms with Crippen molar-refractivity contribution in [2.75, 3.05) is 17.7 Å². The summed E-state index contributed by atoms with van der Waals surface area (Å²) in [6.07, 6.45) is 1.20. The molecule has 0 saturated carbocycles. The maximum Gasteiger partial charge on any atom is 0.414 e. The summed E-state index contributed by atoms with van der Waals surface area (Å²) in [4.78, 5) is 25.7. The van der Waals surface area contributed by atoms with Gasteiger partial charge in [-0.05, 0) is 57.9 Å².